The average molecular weight is 491 g/mol. The molecule has 178 valence electrons. The topological polar surface area (TPSA) is 124 Å². The first-order valence-corrected chi connectivity index (χ1v) is 11.1. The first-order valence-electron chi connectivity index (χ1n) is 10.7. The molecule has 0 bridgehead atoms. The van der Waals surface area contributed by atoms with E-state index in [1.807, 2.05) is 30.3 Å². The van der Waals surface area contributed by atoms with E-state index in [1.54, 1.807) is 43.5 Å². The Morgan fingerprint density at radius 2 is 1.83 bits per heavy atom. The smallest absolute Gasteiger partial charge is 0.271 e. The molecule has 9 nitrogen and oxygen atoms in total. The minimum Gasteiger partial charge on any atom is -0.384 e. The fourth-order valence-electron chi connectivity index (χ4n) is 3.36. The maximum Gasteiger partial charge on any atom is 0.271 e. The number of nitrogens with zero attached hydrogens (tertiary/aromatic N) is 3. The number of carbonyl (C=O) groups is 2. The van der Waals surface area contributed by atoms with Crippen LogP contribution in [-0.4, -0.2) is 46.8 Å². The van der Waals surface area contributed by atoms with Crippen molar-refractivity contribution >= 4 is 35.1 Å². The second-order valence-electron chi connectivity index (χ2n) is 7.51. The van der Waals surface area contributed by atoms with Crippen LogP contribution in [0, 0.1) is 0 Å². The summed E-state index contributed by atoms with van der Waals surface area (Å²) in [4.78, 5) is 30.1. The average Bonchev–Trinajstić information content (AvgIpc) is 3.28. The highest BCUT2D eigenvalue weighted by Crippen LogP contribution is 2.26. The van der Waals surface area contributed by atoms with E-state index >= 15 is 0 Å². The van der Waals surface area contributed by atoms with Crippen LogP contribution >= 0.6 is 11.6 Å². The third-order valence-electron chi connectivity index (χ3n) is 5.05. The molecule has 4 aromatic rings. The molecule has 0 radical (unpaired) electrons. The Balaban J connectivity index is 1.66. The molecule has 0 aliphatic heterocycles. The SMILES string of the molecule is COCCNC(=O)c1cc(NC(=O)c2cc(-c3cccc(N)n3)ccc2Cl)n(-c2ccccc2)n1. The van der Waals surface area contributed by atoms with Crippen molar-refractivity contribution in [3.05, 3.63) is 89.1 Å². The highest BCUT2D eigenvalue weighted by molar-refractivity contribution is 6.34. The summed E-state index contributed by atoms with van der Waals surface area (Å²) in [5.74, 6) is -0.183. The highest BCUT2D eigenvalue weighted by Gasteiger charge is 2.19. The Labute approximate surface area is 206 Å². The number of hydrogen-bond donors (Lipinski definition) is 3. The van der Waals surface area contributed by atoms with Crippen LogP contribution in [0.3, 0.4) is 0 Å². The van der Waals surface area contributed by atoms with Crippen LogP contribution in [0.2, 0.25) is 5.02 Å². The Morgan fingerprint density at radius 1 is 1.03 bits per heavy atom. The summed E-state index contributed by atoms with van der Waals surface area (Å²) < 4.78 is 6.45. The lowest BCUT2D eigenvalue weighted by atomic mass is 10.1. The van der Waals surface area contributed by atoms with Gasteiger partial charge in [0.05, 0.1) is 28.6 Å². The minimum absolute atomic E-state index is 0.143. The molecule has 35 heavy (non-hydrogen) atoms. The van der Waals surface area contributed by atoms with Gasteiger partial charge in [0, 0.05) is 25.3 Å². The van der Waals surface area contributed by atoms with Gasteiger partial charge in [-0.2, -0.15) is 5.10 Å². The molecule has 2 aromatic heterocycles. The predicted octanol–water partition coefficient (Wildman–Crippen LogP) is 3.80. The third kappa shape index (κ3) is 5.65. The number of pyridine rings is 1. The number of carbonyl (C=O) groups excluding carboxylic acids is 2. The third-order valence-corrected chi connectivity index (χ3v) is 5.38. The van der Waals surface area contributed by atoms with E-state index < -0.39 is 5.91 Å². The standard InChI is InChI=1S/C25H23ClN6O3/c1-35-13-12-28-25(34)21-15-23(32(31-21)17-6-3-2-4-7-17)30-24(33)18-14-16(10-11-19(18)26)20-8-5-9-22(27)29-20/h2-11,14-15H,12-13H2,1H3,(H2,27,29)(H,28,34)(H,30,33). The van der Waals surface area contributed by atoms with Crippen molar-refractivity contribution in [1.29, 1.82) is 0 Å². The minimum atomic E-state index is -0.468. The Bertz CT molecular complexity index is 1360. The van der Waals surface area contributed by atoms with Crippen LogP contribution < -0.4 is 16.4 Å². The highest BCUT2D eigenvalue weighted by atomic mass is 35.5. The number of rotatable bonds is 8. The zero-order valence-corrected chi connectivity index (χ0v) is 19.6. The molecule has 0 unspecified atom stereocenters. The van der Waals surface area contributed by atoms with Crippen molar-refractivity contribution in [1.82, 2.24) is 20.1 Å². The molecular weight excluding hydrogens is 468 g/mol. The van der Waals surface area contributed by atoms with Crippen molar-refractivity contribution < 1.29 is 14.3 Å². The van der Waals surface area contributed by atoms with Gasteiger partial charge < -0.3 is 21.1 Å². The monoisotopic (exact) mass is 490 g/mol. The summed E-state index contributed by atoms with van der Waals surface area (Å²) in [6, 6.07) is 20.9. The van der Waals surface area contributed by atoms with E-state index in [4.69, 9.17) is 22.1 Å². The van der Waals surface area contributed by atoms with E-state index in [0.717, 1.165) is 0 Å². The van der Waals surface area contributed by atoms with Gasteiger partial charge in [-0.15, -0.1) is 0 Å². The first kappa shape index (κ1) is 23.9. The van der Waals surface area contributed by atoms with Crippen molar-refractivity contribution in [3.63, 3.8) is 0 Å². The molecule has 0 aliphatic rings. The van der Waals surface area contributed by atoms with Gasteiger partial charge in [-0.25, -0.2) is 9.67 Å². The molecule has 0 saturated heterocycles. The molecule has 2 heterocycles. The number of para-hydroxylation sites is 1. The van der Waals surface area contributed by atoms with Gasteiger partial charge in [-0.1, -0.05) is 41.9 Å². The summed E-state index contributed by atoms with van der Waals surface area (Å²) in [5, 5.41) is 10.2. The van der Waals surface area contributed by atoms with E-state index in [9.17, 15) is 9.59 Å². The number of anilines is 2. The number of ether oxygens (including phenoxy) is 1. The summed E-state index contributed by atoms with van der Waals surface area (Å²) in [5.41, 5.74) is 8.14. The fraction of sp³-hybridized carbons (Fsp3) is 0.120. The molecule has 2 amide bonds. The number of aromatic nitrogens is 3. The second-order valence-corrected chi connectivity index (χ2v) is 7.91. The molecule has 0 aliphatic carbocycles. The van der Waals surface area contributed by atoms with E-state index in [2.05, 4.69) is 20.7 Å². The first-order chi connectivity index (χ1) is 17.0. The number of halogens is 1. The van der Waals surface area contributed by atoms with Crippen molar-refractivity contribution in [2.75, 3.05) is 31.3 Å². The van der Waals surface area contributed by atoms with Crippen LogP contribution in [0.4, 0.5) is 11.6 Å². The Hall–Kier alpha value is -4.21. The Morgan fingerprint density at radius 3 is 2.57 bits per heavy atom. The van der Waals surface area contributed by atoms with Gasteiger partial charge in [-0.05, 0) is 36.4 Å². The molecule has 4 rings (SSSR count). The zero-order chi connectivity index (χ0) is 24.8. The molecule has 0 atom stereocenters. The van der Waals surface area contributed by atoms with Crippen LogP contribution in [0.15, 0.2) is 72.8 Å². The van der Waals surface area contributed by atoms with E-state index in [1.165, 1.54) is 10.7 Å². The summed E-state index contributed by atoms with van der Waals surface area (Å²) in [7, 11) is 1.55. The van der Waals surface area contributed by atoms with E-state index in [-0.39, 0.29) is 22.2 Å². The number of hydrogen-bond acceptors (Lipinski definition) is 6. The lowest BCUT2D eigenvalue weighted by Gasteiger charge is -2.11. The number of amides is 2. The Kier molecular flexibility index (Phi) is 7.39. The summed E-state index contributed by atoms with van der Waals surface area (Å²) in [6.45, 7) is 0.696. The summed E-state index contributed by atoms with van der Waals surface area (Å²) >= 11 is 6.36. The van der Waals surface area contributed by atoms with Gasteiger partial charge in [0.1, 0.15) is 11.6 Å². The van der Waals surface area contributed by atoms with Crippen molar-refractivity contribution in [2.24, 2.45) is 0 Å². The molecule has 0 fully saturated rings. The number of nitrogens with one attached hydrogen (secondary N) is 2. The molecule has 0 spiro atoms. The van der Waals surface area contributed by atoms with Crippen molar-refractivity contribution in [3.8, 4) is 16.9 Å². The number of nitrogens with two attached hydrogens (primary N) is 1. The second kappa shape index (κ2) is 10.8. The van der Waals surface area contributed by atoms with Crippen LogP contribution in [0.25, 0.3) is 16.9 Å². The lowest BCUT2D eigenvalue weighted by Crippen LogP contribution is -2.27. The van der Waals surface area contributed by atoms with Crippen molar-refractivity contribution in [2.45, 2.75) is 0 Å². The summed E-state index contributed by atoms with van der Waals surface area (Å²) in [6.07, 6.45) is 0. The fourth-order valence-corrected chi connectivity index (χ4v) is 3.56. The van der Waals surface area contributed by atoms with Gasteiger partial charge in [0.25, 0.3) is 11.8 Å². The largest absolute Gasteiger partial charge is 0.384 e. The number of nitrogen functional groups attached to an aromatic ring is 1. The molecule has 4 N–H and O–H groups in total. The number of benzene rings is 2. The molecule has 2 aromatic carbocycles. The van der Waals surface area contributed by atoms with Gasteiger partial charge >= 0.3 is 0 Å². The molecule has 0 saturated carbocycles. The normalized spacial score (nSPS) is 10.7. The predicted molar refractivity (Wildman–Crippen MR) is 135 cm³/mol. The number of methoxy groups -OCH3 is 1. The van der Waals surface area contributed by atoms with Gasteiger partial charge in [0.15, 0.2) is 5.69 Å². The van der Waals surface area contributed by atoms with E-state index in [0.29, 0.717) is 41.7 Å². The molecular formula is C25H23ClN6O3. The van der Waals surface area contributed by atoms with Gasteiger partial charge in [0.2, 0.25) is 0 Å². The maximum absolute atomic E-state index is 13.3. The quantitative estimate of drug-likeness (QED) is 0.323. The van der Waals surface area contributed by atoms with Gasteiger partial charge in [-0.3, -0.25) is 9.59 Å². The van der Waals surface area contributed by atoms with Crippen LogP contribution in [0.5, 0.6) is 0 Å². The molecule has 10 heteroatoms. The van der Waals surface area contributed by atoms with Crippen LogP contribution in [0.1, 0.15) is 20.8 Å². The van der Waals surface area contributed by atoms with Crippen LogP contribution in [-0.2, 0) is 4.74 Å². The maximum atomic E-state index is 13.3. The zero-order valence-electron chi connectivity index (χ0n) is 18.9. The lowest BCUT2D eigenvalue weighted by molar-refractivity contribution is 0.0931.